The lowest BCUT2D eigenvalue weighted by molar-refractivity contribution is -0.133. The van der Waals surface area contributed by atoms with Gasteiger partial charge >= 0.3 is 11.9 Å². The van der Waals surface area contributed by atoms with Crippen LogP contribution >= 0.6 is 0 Å². The summed E-state index contributed by atoms with van der Waals surface area (Å²) in [6.45, 7) is 8.53. The number of hydrogen-bond acceptors (Lipinski definition) is 4. The molecule has 0 bridgehead atoms. The summed E-state index contributed by atoms with van der Waals surface area (Å²) in [5.74, 6) is -0.444. The first-order valence-corrected chi connectivity index (χ1v) is 9.64. The average molecular weight is 410 g/mol. The highest BCUT2D eigenvalue weighted by Crippen LogP contribution is 2.26. The van der Waals surface area contributed by atoms with E-state index < -0.39 is 11.9 Å². The molecule has 0 N–H and O–H groups in total. The largest absolute Gasteiger partial charge is 0.431 e. The summed E-state index contributed by atoms with van der Waals surface area (Å²) < 4.78 is 10.1. The van der Waals surface area contributed by atoms with E-state index in [1.807, 2.05) is 48.5 Å². The smallest absolute Gasteiger partial charge is 0.337 e. The third-order valence-electron chi connectivity index (χ3n) is 4.49. The summed E-state index contributed by atoms with van der Waals surface area (Å²) in [7, 11) is 0. The van der Waals surface area contributed by atoms with Crippen molar-refractivity contribution in [1.82, 2.24) is 0 Å². The van der Waals surface area contributed by atoms with Crippen LogP contribution in [0.5, 0.6) is 5.75 Å². The lowest BCUT2D eigenvalue weighted by Crippen LogP contribution is -2.02. The highest BCUT2D eigenvalue weighted by molar-refractivity contribution is 5.87. The van der Waals surface area contributed by atoms with Crippen molar-refractivity contribution in [3.05, 3.63) is 109 Å². The maximum absolute atomic E-state index is 11.4. The van der Waals surface area contributed by atoms with Gasteiger partial charge < -0.3 is 9.47 Å². The normalized spacial score (nSPS) is 10.5. The lowest BCUT2D eigenvalue weighted by atomic mass is 9.99. The summed E-state index contributed by atoms with van der Waals surface area (Å²) in [6.07, 6.45) is 4.22. The van der Waals surface area contributed by atoms with Gasteiger partial charge in [-0.25, -0.2) is 9.59 Å². The Labute approximate surface area is 181 Å². The minimum atomic E-state index is -0.480. The van der Waals surface area contributed by atoms with E-state index in [9.17, 15) is 9.59 Å². The molecule has 154 valence electrons. The predicted octanol–water partition coefficient (Wildman–Crippen LogP) is 6.20. The van der Waals surface area contributed by atoms with Crippen molar-refractivity contribution in [2.75, 3.05) is 0 Å². The van der Waals surface area contributed by atoms with Gasteiger partial charge in [-0.2, -0.15) is 0 Å². The molecule has 0 aromatic heterocycles. The molecule has 0 fully saturated rings. The Bertz CT molecular complexity index is 1120. The van der Waals surface area contributed by atoms with Gasteiger partial charge in [0.2, 0.25) is 0 Å². The molecule has 0 aliphatic rings. The monoisotopic (exact) mass is 410 g/mol. The molecule has 3 aromatic rings. The zero-order chi connectivity index (χ0) is 22.2. The zero-order valence-electron chi connectivity index (χ0n) is 17.2. The molecule has 0 heterocycles. The number of carbonyl (C=O) groups is 2. The second-order valence-electron chi connectivity index (χ2n) is 6.84. The quantitative estimate of drug-likeness (QED) is 0.201. The SMILES string of the molecule is C=CC(=O)Oc1ccc(-c2ccc(-c3ccc(C=COC(=O)C(=C)C)cc3)cc2)cc1. The molecular weight excluding hydrogens is 388 g/mol. The highest BCUT2D eigenvalue weighted by atomic mass is 16.5. The molecule has 31 heavy (non-hydrogen) atoms. The van der Waals surface area contributed by atoms with Crippen LogP contribution in [0.15, 0.2) is 104 Å². The fraction of sp³-hybridized carbons (Fsp3) is 0.0370. The molecule has 3 rings (SSSR count). The molecular formula is C27H22O4. The molecule has 0 saturated heterocycles. The number of benzene rings is 3. The van der Waals surface area contributed by atoms with E-state index >= 15 is 0 Å². The van der Waals surface area contributed by atoms with E-state index in [1.165, 1.54) is 6.26 Å². The molecule has 0 aliphatic heterocycles. The molecule has 4 nitrogen and oxygen atoms in total. The number of rotatable bonds is 7. The first-order valence-electron chi connectivity index (χ1n) is 9.64. The van der Waals surface area contributed by atoms with Crippen molar-refractivity contribution in [1.29, 1.82) is 0 Å². The Kier molecular flexibility index (Phi) is 6.97. The summed E-state index contributed by atoms with van der Waals surface area (Å²) in [4.78, 5) is 22.6. The van der Waals surface area contributed by atoms with Crippen molar-refractivity contribution in [2.45, 2.75) is 6.92 Å². The van der Waals surface area contributed by atoms with Crippen molar-refractivity contribution in [2.24, 2.45) is 0 Å². The second-order valence-corrected chi connectivity index (χ2v) is 6.84. The van der Waals surface area contributed by atoms with Crippen molar-refractivity contribution in [3.63, 3.8) is 0 Å². The molecule has 4 heteroatoms. The van der Waals surface area contributed by atoms with Crippen LogP contribution in [0.2, 0.25) is 0 Å². The zero-order valence-corrected chi connectivity index (χ0v) is 17.2. The van der Waals surface area contributed by atoms with Crippen molar-refractivity contribution >= 4 is 18.0 Å². The summed E-state index contributed by atoms with van der Waals surface area (Å²) >= 11 is 0. The van der Waals surface area contributed by atoms with E-state index in [4.69, 9.17) is 9.47 Å². The Morgan fingerprint density at radius 3 is 1.68 bits per heavy atom. The van der Waals surface area contributed by atoms with Gasteiger partial charge in [-0.05, 0) is 52.9 Å². The molecule has 0 unspecified atom stereocenters. The van der Waals surface area contributed by atoms with Crippen molar-refractivity contribution in [3.8, 4) is 28.0 Å². The Morgan fingerprint density at radius 2 is 1.23 bits per heavy atom. The van der Waals surface area contributed by atoms with Crippen LogP contribution in [0.1, 0.15) is 12.5 Å². The Balaban J connectivity index is 1.66. The van der Waals surface area contributed by atoms with Gasteiger partial charge in [-0.1, -0.05) is 73.8 Å². The highest BCUT2D eigenvalue weighted by Gasteiger charge is 2.04. The lowest BCUT2D eigenvalue weighted by Gasteiger charge is -2.07. The topological polar surface area (TPSA) is 52.6 Å². The fourth-order valence-corrected chi connectivity index (χ4v) is 2.79. The second kappa shape index (κ2) is 10.0. The number of ether oxygens (including phenoxy) is 2. The standard InChI is InChI=1S/C27H22O4/c1-4-26(28)31-25-15-13-24(14-16-25)23-11-9-22(10-12-23)21-7-5-20(6-8-21)17-18-30-27(29)19(2)3/h4-18H,1-2H2,3H3. The summed E-state index contributed by atoms with van der Waals surface area (Å²) in [5, 5.41) is 0. The van der Waals surface area contributed by atoms with Gasteiger partial charge in [0.15, 0.2) is 0 Å². The van der Waals surface area contributed by atoms with Crippen molar-refractivity contribution < 1.29 is 19.1 Å². The minimum Gasteiger partial charge on any atom is -0.431 e. The Hall–Kier alpha value is -4.18. The third kappa shape index (κ3) is 5.90. The van der Waals surface area contributed by atoms with Gasteiger partial charge in [-0.3, -0.25) is 0 Å². The fourth-order valence-electron chi connectivity index (χ4n) is 2.79. The summed E-state index contributed by atoms with van der Waals surface area (Å²) in [5.41, 5.74) is 5.53. The number of esters is 2. The van der Waals surface area contributed by atoms with Crippen LogP contribution < -0.4 is 4.74 Å². The first-order chi connectivity index (χ1) is 15.0. The average Bonchev–Trinajstić information content (AvgIpc) is 2.80. The molecule has 0 spiro atoms. The van der Waals surface area contributed by atoms with E-state index in [0.717, 1.165) is 33.9 Å². The van der Waals surface area contributed by atoms with Gasteiger partial charge in [0.25, 0.3) is 0 Å². The van der Waals surface area contributed by atoms with Gasteiger partial charge in [0.1, 0.15) is 5.75 Å². The van der Waals surface area contributed by atoms with Crippen LogP contribution in [0.4, 0.5) is 0 Å². The number of carbonyl (C=O) groups excluding carboxylic acids is 2. The van der Waals surface area contributed by atoms with E-state index in [0.29, 0.717) is 11.3 Å². The molecule has 0 saturated carbocycles. The number of hydrogen-bond donors (Lipinski definition) is 0. The van der Waals surface area contributed by atoms with Crippen LogP contribution in [0.3, 0.4) is 0 Å². The molecule has 0 amide bonds. The maximum atomic E-state index is 11.4. The maximum Gasteiger partial charge on any atom is 0.337 e. The first kappa shape index (κ1) is 21.5. The van der Waals surface area contributed by atoms with Crippen LogP contribution in [-0.4, -0.2) is 11.9 Å². The van der Waals surface area contributed by atoms with Gasteiger partial charge in [0, 0.05) is 11.6 Å². The van der Waals surface area contributed by atoms with Crippen LogP contribution in [0.25, 0.3) is 28.3 Å². The molecule has 0 atom stereocenters. The molecule has 0 aliphatic carbocycles. The minimum absolute atomic E-state index is 0.357. The Morgan fingerprint density at radius 1 is 0.774 bits per heavy atom. The third-order valence-corrected chi connectivity index (χ3v) is 4.49. The van der Waals surface area contributed by atoms with E-state index in [1.54, 1.807) is 25.1 Å². The van der Waals surface area contributed by atoms with Gasteiger partial charge in [0.05, 0.1) is 6.26 Å². The summed E-state index contributed by atoms with van der Waals surface area (Å²) in [6, 6.07) is 23.5. The predicted molar refractivity (Wildman–Crippen MR) is 123 cm³/mol. The van der Waals surface area contributed by atoms with Gasteiger partial charge in [-0.15, -0.1) is 0 Å². The van der Waals surface area contributed by atoms with Crippen LogP contribution in [0, 0.1) is 0 Å². The van der Waals surface area contributed by atoms with E-state index in [2.05, 4.69) is 25.3 Å². The molecule has 0 radical (unpaired) electrons. The van der Waals surface area contributed by atoms with Crippen LogP contribution in [-0.2, 0) is 14.3 Å². The van der Waals surface area contributed by atoms with E-state index in [-0.39, 0.29) is 0 Å². The molecule has 3 aromatic carbocycles.